The molecule has 1 aliphatic heterocycles. The van der Waals surface area contributed by atoms with Crippen molar-refractivity contribution in [1.82, 2.24) is 9.21 Å². The molecule has 0 aliphatic carbocycles. The number of nitrogens with zero attached hydrogens (tertiary/aromatic N) is 2. The first-order valence-electron chi connectivity index (χ1n) is 9.40. The number of hydrogen-bond donors (Lipinski definition) is 0. The molecule has 2 aromatic carbocycles. The summed E-state index contributed by atoms with van der Waals surface area (Å²) in [5, 5.41) is 0. The van der Waals surface area contributed by atoms with Gasteiger partial charge in [-0.15, -0.1) is 0 Å². The second kappa shape index (κ2) is 9.21. The third-order valence-electron chi connectivity index (χ3n) is 4.96. The third kappa shape index (κ3) is 5.33. The molecule has 28 heavy (non-hydrogen) atoms. The van der Waals surface area contributed by atoms with Crippen molar-refractivity contribution in [2.45, 2.75) is 18.6 Å². The number of rotatable bonds is 7. The van der Waals surface area contributed by atoms with Crippen LogP contribution in [0.3, 0.4) is 0 Å². The lowest BCUT2D eigenvalue weighted by atomic mass is 10.1. The van der Waals surface area contributed by atoms with E-state index in [-0.39, 0.29) is 11.7 Å². The maximum Gasteiger partial charge on any atom is 0.222 e. The van der Waals surface area contributed by atoms with Gasteiger partial charge in [-0.25, -0.2) is 8.42 Å². The number of carbonyl (C=O) groups excluding carboxylic acids is 1. The van der Waals surface area contributed by atoms with E-state index in [2.05, 4.69) is 0 Å². The maximum absolute atomic E-state index is 12.6. The first-order valence-corrected chi connectivity index (χ1v) is 11.0. The Morgan fingerprint density at radius 3 is 2.18 bits per heavy atom. The monoisotopic (exact) mass is 402 g/mol. The van der Waals surface area contributed by atoms with Crippen LogP contribution >= 0.6 is 0 Å². The van der Waals surface area contributed by atoms with E-state index in [9.17, 15) is 13.2 Å². The van der Waals surface area contributed by atoms with E-state index in [1.165, 1.54) is 4.31 Å². The summed E-state index contributed by atoms with van der Waals surface area (Å²) in [7, 11) is -1.74. The van der Waals surface area contributed by atoms with E-state index < -0.39 is 10.0 Å². The van der Waals surface area contributed by atoms with Crippen LogP contribution in [0.5, 0.6) is 5.75 Å². The van der Waals surface area contributed by atoms with Crippen molar-refractivity contribution in [3.63, 3.8) is 0 Å². The lowest BCUT2D eigenvalue weighted by Crippen LogP contribution is -2.50. The minimum atomic E-state index is -3.36. The van der Waals surface area contributed by atoms with E-state index in [0.717, 1.165) is 16.9 Å². The highest BCUT2D eigenvalue weighted by atomic mass is 32.2. The molecule has 7 heteroatoms. The lowest BCUT2D eigenvalue weighted by Gasteiger charge is -2.34. The van der Waals surface area contributed by atoms with Gasteiger partial charge in [0.2, 0.25) is 15.9 Å². The normalized spacial score (nSPS) is 15.4. The standard InChI is InChI=1S/C21H26N2O4S/c1-27-20-10-7-18(8-11-20)9-12-21(24)22-13-15-23(16-14-22)28(25,26)17-19-5-3-2-4-6-19/h2-8,10-11H,9,12-17H2,1H3. The molecule has 1 amide bonds. The van der Waals surface area contributed by atoms with Crippen LogP contribution in [0.15, 0.2) is 54.6 Å². The quantitative estimate of drug-likeness (QED) is 0.713. The van der Waals surface area contributed by atoms with Gasteiger partial charge in [-0.1, -0.05) is 42.5 Å². The molecule has 1 fully saturated rings. The number of hydrogen-bond acceptors (Lipinski definition) is 4. The van der Waals surface area contributed by atoms with Crippen molar-refractivity contribution < 1.29 is 17.9 Å². The van der Waals surface area contributed by atoms with Gasteiger partial charge in [-0.05, 0) is 29.7 Å². The Bertz CT molecular complexity index is 874. The molecule has 0 unspecified atom stereocenters. The highest BCUT2D eigenvalue weighted by Crippen LogP contribution is 2.16. The van der Waals surface area contributed by atoms with E-state index in [1.54, 1.807) is 12.0 Å². The number of amides is 1. The molecule has 1 aliphatic rings. The fraction of sp³-hybridized carbons (Fsp3) is 0.381. The molecule has 3 rings (SSSR count). The summed E-state index contributed by atoms with van der Waals surface area (Å²) in [4.78, 5) is 14.2. The minimum absolute atomic E-state index is 0.000738. The number of aryl methyl sites for hydroxylation is 1. The predicted octanol–water partition coefficient (Wildman–Crippen LogP) is 2.30. The molecule has 1 saturated heterocycles. The van der Waals surface area contributed by atoms with Crippen LogP contribution < -0.4 is 4.74 Å². The van der Waals surface area contributed by atoms with Gasteiger partial charge in [0.1, 0.15) is 5.75 Å². The van der Waals surface area contributed by atoms with Crippen LogP contribution in [-0.2, 0) is 27.0 Å². The van der Waals surface area contributed by atoms with Crippen LogP contribution in [0.25, 0.3) is 0 Å². The molecule has 1 heterocycles. The number of methoxy groups -OCH3 is 1. The third-order valence-corrected chi connectivity index (χ3v) is 6.81. The zero-order valence-corrected chi connectivity index (χ0v) is 16.9. The second-order valence-corrected chi connectivity index (χ2v) is 8.84. The Labute approximate surface area is 166 Å². The summed E-state index contributed by atoms with van der Waals surface area (Å²) < 4.78 is 31.8. The molecule has 0 bridgehead atoms. The molecular weight excluding hydrogens is 376 g/mol. The van der Waals surface area contributed by atoms with Crippen LogP contribution in [0.4, 0.5) is 0 Å². The maximum atomic E-state index is 12.6. The highest BCUT2D eigenvalue weighted by Gasteiger charge is 2.28. The second-order valence-electron chi connectivity index (χ2n) is 6.87. The average Bonchev–Trinajstić information content (AvgIpc) is 2.73. The number of benzene rings is 2. The van der Waals surface area contributed by atoms with Crippen molar-refractivity contribution >= 4 is 15.9 Å². The van der Waals surface area contributed by atoms with Gasteiger partial charge in [0.25, 0.3) is 0 Å². The lowest BCUT2D eigenvalue weighted by molar-refractivity contribution is -0.132. The van der Waals surface area contributed by atoms with E-state index >= 15 is 0 Å². The SMILES string of the molecule is COc1ccc(CCC(=O)N2CCN(S(=O)(=O)Cc3ccccc3)CC2)cc1. The smallest absolute Gasteiger partial charge is 0.222 e. The number of sulfonamides is 1. The van der Waals surface area contributed by atoms with Crippen molar-refractivity contribution in [2.24, 2.45) is 0 Å². The van der Waals surface area contributed by atoms with Gasteiger partial charge >= 0.3 is 0 Å². The summed E-state index contributed by atoms with van der Waals surface area (Å²) in [6, 6.07) is 16.9. The zero-order valence-electron chi connectivity index (χ0n) is 16.1. The summed E-state index contributed by atoms with van der Waals surface area (Å²) in [6.07, 6.45) is 1.08. The Hall–Kier alpha value is -2.38. The van der Waals surface area contributed by atoms with Crippen LogP contribution in [0.2, 0.25) is 0 Å². The molecule has 2 aromatic rings. The molecule has 0 N–H and O–H groups in total. The summed E-state index contributed by atoms with van der Waals surface area (Å²) in [5.74, 6) is 0.859. The largest absolute Gasteiger partial charge is 0.497 e. The Morgan fingerprint density at radius 2 is 1.57 bits per heavy atom. The van der Waals surface area contributed by atoms with Gasteiger partial charge in [0.15, 0.2) is 0 Å². The van der Waals surface area contributed by atoms with E-state index in [0.29, 0.717) is 39.0 Å². The molecule has 6 nitrogen and oxygen atoms in total. The molecule has 150 valence electrons. The topological polar surface area (TPSA) is 66.9 Å². The molecule has 0 atom stereocenters. The van der Waals surface area contributed by atoms with Gasteiger partial charge in [0, 0.05) is 32.6 Å². The number of piperazine rings is 1. The van der Waals surface area contributed by atoms with E-state index in [4.69, 9.17) is 4.74 Å². The zero-order chi connectivity index (χ0) is 20.0. The molecular formula is C21H26N2O4S. The van der Waals surface area contributed by atoms with Gasteiger partial charge < -0.3 is 9.64 Å². The summed E-state index contributed by atoms with van der Waals surface area (Å²) >= 11 is 0. The summed E-state index contributed by atoms with van der Waals surface area (Å²) in [6.45, 7) is 1.58. The molecule has 0 aromatic heterocycles. The number of ether oxygens (including phenoxy) is 1. The fourth-order valence-corrected chi connectivity index (χ4v) is 4.81. The molecule has 0 radical (unpaired) electrons. The Balaban J connectivity index is 1.48. The van der Waals surface area contributed by atoms with Gasteiger partial charge in [-0.2, -0.15) is 4.31 Å². The molecule has 0 spiro atoms. The number of carbonyl (C=O) groups is 1. The van der Waals surface area contributed by atoms with Gasteiger partial charge in [-0.3, -0.25) is 4.79 Å². The van der Waals surface area contributed by atoms with Crippen LogP contribution in [0, 0.1) is 0 Å². The van der Waals surface area contributed by atoms with Gasteiger partial charge in [0.05, 0.1) is 12.9 Å². The highest BCUT2D eigenvalue weighted by molar-refractivity contribution is 7.88. The first kappa shape index (κ1) is 20.4. The minimum Gasteiger partial charge on any atom is -0.497 e. The fourth-order valence-electron chi connectivity index (χ4n) is 3.29. The first-order chi connectivity index (χ1) is 13.5. The van der Waals surface area contributed by atoms with E-state index in [1.807, 2.05) is 54.6 Å². The Morgan fingerprint density at radius 1 is 0.929 bits per heavy atom. The predicted molar refractivity (Wildman–Crippen MR) is 109 cm³/mol. The van der Waals surface area contributed by atoms with Crippen molar-refractivity contribution in [1.29, 1.82) is 0 Å². The van der Waals surface area contributed by atoms with Crippen molar-refractivity contribution in [3.8, 4) is 5.75 Å². The summed E-state index contributed by atoms with van der Waals surface area (Å²) in [5.41, 5.74) is 1.86. The van der Waals surface area contributed by atoms with Crippen LogP contribution in [0.1, 0.15) is 17.5 Å². The van der Waals surface area contributed by atoms with Crippen LogP contribution in [-0.4, -0.2) is 56.8 Å². The average molecular weight is 403 g/mol. The van der Waals surface area contributed by atoms with Crippen molar-refractivity contribution in [2.75, 3.05) is 33.3 Å². The van der Waals surface area contributed by atoms with Crippen molar-refractivity contribution in [3.05, 3.63) is 65.7 Å². The molecule has 0 saturated carbocycles. The Kier molecular flexibility index (Phi) is 6.70.